The number of anilines is 1. The standard InChI is InChI=1S/C17H19NO3/c1-17(20,16(19)21-2)12-18-15-11-7-6-10-14(15)13-8-4-3-5-9-13/h3-11,18,20H,12H2,1-2H3. The minimum atomic E-state index is -1.57. The van der Waals surface area contributed by atoms with Crippen LogP contribution in [0, 0.1) is 0 Å². The molecule has 0 bridgehead atoms. The summed E-state index contributed by atoms with van der Waals surface area (Å²) in [5.41, 5.74) is 1.36. The van der Waals surface area contributed by atoms with Gasteiger partial charge in [-0.05, 0) is 18.6 Å². The van der Waals surface area contributed by atoms with Crippen LogP contribution in [-0.4, -0.2) is 30.3 Å². The average Bonchev–Trinajstić information content (AvgIpc) is 2.53. The van der Waals surface area contributed by atoms with Gasteiger partial charge in [-0.2, -0.15) is 0 Å². The van der Waals surface area contributed by atoms with Crippen LogP contribution < -0.4 is 5.32 Å². The van der Waals surface area contributed by atoms with Gasteiger partial charge in [-0.3, -0.25) is 0 Å². The van der Waals surface area contributed by atoms with Crippen molar-refractivity contribution >= 4 is 11.7 Å². The van der Waals surface area contributed by atoms with Gasteiger partial charge in [-0.15, -0.1) is 0 Å². The smallest absolute Gasteiger partial charge is 0.339 e. The van der Waals surface area contributed by atoms with E-state index in [0.717, 1.165) is 16.8 Å². The minimum absolute atomic E-state index is 0.0729. The first-order chi connectivity index (χ1) is 10.0. The van der Waals surface area contributed by atoms with Crippen molar-refractivity contribution in [1.29, 1.82) is 0 Å². The van der Waals surface area contributed by atoms with Crippen molar-refractivity contribution in [3.63, 3.8) is 0 Å². The lowest BCUT2D eigenvalue weighted by atomic mass is 10.0. The number of ether oxygens (including phenoxy) is 1. The molecule has 0 aliphatic carbocycles. The number of carbonyl (C=O) groups excluding carboxylic acids is 1. The van der Waals surface area contributed by atoms with Crippen LogP contribution in [0.5, 0.6) is 0 Å². The number of hydrogen-bond donors (Lipinski definition) is 2. The molecule has 2 rings (SSSR count). The van der Waals surface area contributed by atoms with Crippen LogP contribution in [0.25, 0.3) is 11.1 Å². The van der Waals surface area contributed by atoms with Crippen LogP contribution in [0.15, 0.2) is 54.6 Å². The van der Waals surface area contributed by atoms with Crippen molar-refractivity contribution in [2.45, 2.75) is 12.5 Å². The van der Waals surface area contributed by atoms with Gasteiger partial charge in [0.1, 0.15) is 0 Å². The molecule has 0 heterocycles. The van der Waals surface area contributed by atoms with Crippen LogP contribution in [0.1, 0.15) is 6.92 Å². The molecule has 0 spiro atoms. The fraction of sp³-hybridized carbons (Fsp3) is 0.235. The molecule has 0 amide bonds. The fourth-order valence-electron chi connectivity index (χ4n) is 2.07. The number of methoxy groups -OCH3 is 1. The molecule has 0 radical (unpaired) electrons. The molecule has 110 valence electrons. The van der Waals surface area contributed by atoms with E-state index in [1.165, 1.54) is 14.0 Å². The van der Waals surface area contributed by atoms with Gasteiger partial charge in [0.2, 0.25) is 0 Å². The second kappa shape index (κ2) is 6.41. The van der Waals surface area contributed by atoms with Gasteiger partial charge in [0, 0.05) is 11.3 Å². The average molecular weight is 285 g/mol. The van der Waals surface area contributed by atoms with Gasteiger partial charge in [0.15, 0.2) is 5.60 Å². The zero-order valence-electron chi connectivity index (χ0n) is 12.2. The fourth-order valence-corrected chi connectivity index (χ4v) is 2.07. The van der Waals surface area contributed by atoms with E-state index in [0.29, 0.717) is 0 Å². The van der Waals surface area contributed by atoms with E-state index < -0.39 is 11.6 Å². The second-order valence-electron chi connectivity index (χ2n) is 5.03. The van der Waals surface area contributed by atoms with Crippen molar-refractivity contribution in [2.24, 2.45) is 0 Å². The molecule has 0 saturated heterocycles. The molecule has 1 atom stereocenters. The third-order valence-corrected chi connectivity index (χ3v) is 3.26. The number of nitrogens with one attached hydrogen (secondary N) is 1. The number of hydrogen-bond acceptors (Lipinski definition) is 4. The molecule has 4 heteroatoms. The van der Waals surface area contributed by atoms with Crippen LogP contribution in [0.3, 0.4) is 0 Å². The van der Waals surface area contributed by atoms with Gasteiger partial charge in [0.05, 0.1) is 13.7 Å². The summed E-state index contributed by atoms with van der Waals surface area (Å²) >= 11 is 0. The maximum atomic E-state index is 11.5. The molecule has 0 aromatic heterocycles. The first kappa shape index (κ1) is 15.1. The number of para-hydroxylation sites is 1. The third-order valence-electron chi connectivity index (χ3n) is 3.26. The van der Waals surface area contributed by atoms with E-state index in [9.17, 15) is 9.90 Å². The first-order valence-electron chi connectivity index (χ1n) is 6.74. The molecule has 0 aliphatic rings. The molecule has 1 unspecified atom stereocenters. The number of benzene rings is 2. The SMILES string of the molecule is COC(=O)C(C)(O)CNc1ccccc1-c1ccccc1. The van der Waals surface area contributed by atoms with Gasteiger partial charge in [-0.25, -0.2) is 4.79 Å². The molecule has 21 heavy (non-hydrogen) atoms. The van der Waals surface area contributed by atoms with Crippen molar-refractivity contribution in [2.75, 3.05) is 19.0 Å². The number of aliphatic hydroxyl groups is 1. The topological polar surface area (TPSA) is 58.6 Å². The zero-order valence-corrected chi connectivity index (χ0v) is 12.2. The number of carbonyl (C=O) groups is 1. The molecule has 4 nitrogen and oxygen atoms in total. The molecular weight excluding hydrogens is 266 g/mol. The summed E-state index contributed by atoms with van der Waals surface area (Å²) in [6, 6.07) is 17.7. The van der Waals surface area contributed by atoms with Crippen molar-refractivity contribution in [1.82, 2.24) is 0 Å². The Hall–Kier alpha value is -2.33. The van der Waals surface area contributed by atoms with Crippen molar-refractivity contribution in [3.05, 3.63) is 54.6 Å². The maximum absolute atomic E-state index is 11.5. The van der Waals surface area contributed by atoms with E-state index in [1.807, 2.05) is 54.6 Å². The quantitative estimate of drug-likeness (QED) is 0.829. The predicted molar refractivity (Wildman–Crippen MR) is 83.0 cm³/mol. The van der Waals surface area contributed by atoms with Crippen molar-refractivity contribution < 1.29 is 14.6 Å². The summed E-state index contributed by atoms with van der Waals surface area (Å²) < 4.78 is 4.59. The highest BCUT2D eigenvalue weighted by molar-refractivity contribution is 5.81. The maximum Gasteiger partial charge on any atom is 0.339 e. The normalized spacial score (nSPS) is 13.3. The molecular formula is C17H19NO3. The van der Waals surface area contributed by atoms with E-state index in [1.54, 1.807) is 0 Å². The largest absolute Gasteiger partial charge is 0.467 e. The summed E-state index contributed by atoms with van der Waals surface area (Å²) in [7, 11) is 1.26. The Bertz CT molecular complexity index is 608. The minimum Gasteiger partial charge on any atom is -0.467 e. The Balaban J connectivity index is 2.20. The van der Waals surface area contributed by atoms with E-state index in [4.69, 9.17) is 0 Å². The summed E-state index contributed by atoms with van der Waals surface area (Å²) in [5.74, 6) is -0.660. The second-order valence-corrected chi connectivity index (χ2v) is 5.03. The summed E-state index contributed by atoms with van der Waals surface area (Å²) in [6.07, 6.45) is 0. The molecule has 0 aliphatic heterocycles. The highest BCUT2D eigenvalue weighted by Crippen LogP contribution is 2.27. The number of rotatable bonds is 5. The predicted octanol–water partition coefficient (Wildman–Crippen LogP) is 2.69. The van der Waals surface area contributed by atoms with Gasteiger partial charge >= 0.3 is 5.97 Å². The lowest BCUT2D eigenvalue weighted by Gasteiger charge is -2.22. The molecule has 0 saturated carbocycles. The van der Waals surface area contributed by atoms with Crippen LogP contribution in [-0.2, 0) is 9.53 Å². The summed E-state index contributed by atoms with van der Waals surface area (Å²) in [5, 5.41) is 13.2. The monoisotopic (exact) mass is 285 g/mol. The molecule has 2 aromatic rings. The van der Waals surface area contributed by atoms with Crippen LogP contribution >= 0.6 is 0 Å². The lowest BCUT2D eigenvalue weighted by Crippen LogP contribution is -2.42. The highest BCUT2D eigenvalue weighted by Gasteiger charge is 2.31. The Kier molecular flexibility index (Phi) is 4.60. The summed E-state index contributed by atoms with van der Waals surface area (Å²) in [6.45, 7) is 1.50. The zero-order chi connectivity index (χ0) is 15.3. The third kappa shape index (κ3) is 3.61. The first-order valence-corrected chi connectivity index (χ1v) is 6.74. The summed E-state index contributed by atoms with van der Waals surface area (Å²) in [4.78, 5) is 11.5. The Morgan fingerprint density at radius 1 is 1.14 bits per heavy atom. The van der Waals surface area contributed by atoms with E-state index in [-0.39, 0.29) is 6.54 Å². The van der Waals surface area contributed by atoms with Crippen molar-refractivity contribution in [3.8, 4) is 11.1 Å². The number of esters is 1. The van der Waals surface area contributed by atoms with Gasteiger partial charge < -0.3 is 15.2 Å². The Morgan fingerprint density at radius 3 is 2.43 bits per heavy atom. The van der Waals surface area contributed by atoms with Gasteiger partial charge in [0.25, 0.3) is 0 Å². The highest BCUT2D eigenvalue weighted by atomic mass is 16.5. The van der Waals surface area contributed by atoms with Gasteiger partial charge in [-0.1, -0.05) is 48.5 Å². The van der Waals surface area contributed by atoms with Crippen LogP contribution in [0.2, 0.25) is 0 Å². The molecule has 2 N–H and O–H groups in total. The van der Waals surface area contributed by atoms with E-state index >= 15 is 0 Å². The molecule has 2 aromatic carbocycles. The van der Waals surface area contributed by atoms with Crippen LogP contribution in [0.4, 0.5) is 5.69 Å². The van der Waals surface area contributed by atoms with E-state index in [2.05, 4.69) is 10.1 Å². The lowest BCUT2D eigenvalue weighted by molar-refractivity contribution is -0.158. The Labute approximate surface area is 124 Å². The molecule has 0 fully saturated rings. The Morgan fingerprint density at radius 2 is 1.76 bits per heavy atom.